The van der Waals surface area contributed by atoms with E-state index < -0.39 is 23.7 Å². The second-order valence-electron chi connectivity index (χ2n) is 6.75. The number of carbonyl (C=O) groups is 2. The Morgan fingerprint density at radius 3 is 2.56 bits per heavy atom. The molecular weight excluding hydrogens is 321 g/mol. The van der Waals surface area contributed by atoms with E-state index in [0.717, 1.165) is 0 Å². The van der Waals surface area contributed by atoms with Crippen molar-refractivity contribution in [2.45, 2.75) is 25.8 Å². The van der Waals surface area contributed by atoms with Crippen molar-refractivity contribution in [3.63, 3.8) is 0 Å². The molecule has 1 aliphatic rings. The molecule has 2 aromatic rings. The molecule has 0 fully saturated rings. The summed E-state index contributed by atoms with van der Waals surface area (Å²) in [7, 11) is 0. The molecule has 0 saturated carbocycles. The van der Waals surface area contributed by atoms with Crippen LogP contribution in [0.3, 0.4) is 0 Å². The highest BCUT2D eigenvalue weighted by atomic mass is 19.1. The summed E-state index contributed by atoms with van der Waals surface area (Å²) >= 11 is 0. The molecule has 3 rings (SSSR count). The van der Waals surface area contributed by atoms with E-state index in [2.05, 4.69) is 0 Å². The van der Waals surface area contributed by atoms with E-state index in [4.69, 9.17) is 0 Å². The first-order valence-corrected chi connectivity index (χ1v) is 8.28. The normalized spacial score (nSPS) is 19.8. The van der Waals surface area contributed by atoms with E-state index in [9.17, 15) is 19.1 Å². The summed E-state index contributed by atoms with van der Waals surface area (Å²) in [5.74, 6) is -2.47. The van der Waals surface area contributed by atoms with Crippen molar-refractivity contribution in [1.29, 1.82) is 0 Å². The van der Waals surface area contributed by atoms with E-state index >= 15 is 0 Å². The molecule has 2 aromatic carbocycles. The number of halogens is 1. The van der Waals surface area contributed by atoms with Gasteiger partial charge in [0, 0.05) is 12.1 Å². The molecular formula is C20H20FNO3. The molecule has 1 heterocycles. The van der Waals surface area contributed by atoms with Gasteiger partial charge in [0.2, 0.25) is 0 Å². The molecule has 0 bridgehead atoms. The van der Waals surface area contributed by atoms with Gasteiger partial charge in [0.1, 0.15) is 11.7 Å². The Morgan fingerprint density at radius 1 is 1.20 bits per heavy atom. The van der Waals surface area contributed by atoms with Gasteiger partial charge in [-0.05, 0) is 35.2 Å². The van der Waals surface area contributed by atoms with Gasteiger partial charge in [0.15, 0.2) is 0 Å². The van der Waals surface area contributed by atoms with Gasteiger partial charge in [-0.25, -0.2) is 4.39 Å². The Hall–Kier alpha value is -2.69. The van der Waals surface area contributed by atoms with E-state index in [-0.39, 0.29) is 11.8 Å². The molecule has 0 aromatic heterocycles. The minimum absolute atomic E-state index is 0.153. The first-order chi connectivity index (χ1) is 11.9. The van der Waals surface area contributed by atoms with E-state index in [1.54, 1.807) is 41.3 Å². The fourth-order valence-corrected chi connectivity index (χ4v) is 3.51. The summed E-state index contributed by atoms with van der Waals surface area (Å²) in [5, 5.41) is 9.89. The summed E-state index contributed by atoms with van der Waals surface area (Å²) in [6.45, 7) is 4.33. The number of carboxylic acid groups (broad SMARTS) is 1. The SMILES string of the molecule is CC(C)CN1C(=O)c2ccccc2C(C(=O)O)C1c1cccc(F)c1. The number of aliphatic carboxylic acids is 1. The molecule has 25 heavy (non-hydrogen) atoms. The fourth-order valence-electron chi connectivity index (χ4n) is 3.51. The second-order valence-corrected chi connectivity index (χ2v) is 6.75. The minimum atomic E-state index is -1.03. The third-order valence-electron chi connectivity index (χ3n) is 4.46. The largest absolute Gasteiger partial charge is 0.481 e. The van der Waals surface area contributed by atoms with Crippen LogP contribution in [0.5, 0.6) is 0 Å². The number of carboxylic acids is 1. The molecule has 0 saturated heterocycles. The molecule has 1 N–H and O–H groups in total. The fraction of sp³-hybridized carbons (Fsp3) is 0.300. The maximum Gasteiger partial charge on any atom is 0.313 e. The highest BCUT2D eigenvalue weighted by Gasteiger charge is 2.44. The summed E-state index contributed by atoms with van der Waals surface area (Å²) in [6.07, 6.45) is 0. The number of fused-ring (bicyclic) bond motifs is 1. The van der Waals surface area contributed by atoms with E-state index in [1.165, 1.54) is 12.1 Å². The monoisotopic (exact) mass is 341 g/mol. The number of hydrogen-bond donors (Lipinski definition) is 1. The van der Waals surface area contributed by atoms with Crippen molar-refractivity contribution in [2.24, 2.45) is 5.92 Å². The molecule has 130 valence electrons. The Balaban J connectivity index is 2.22. The molecule has 5 heteroatoms. The first-order valence-electron chi connectivity index (χ1n) is 8.28. The molecule has 0 spiro atoms. The molecule has 2 atom stereocenters. The van der Waals surface area contributed by atoms with Crippen molar-refractivity contribution >= 4 is 11.9 Å². The summed E-state index contributed by atoms with van der Waals surface area (Å²) < 4.78 is 13.8. The Morgan fingerprint density at radius 2 is 1.92 bits per heavy atom. The van der Waals surface area contributed by atoms with Crippen LogP contribution in [-0.2, 0) is 4.79 Å². The van der Waals surface area contributed by atoms with Crippen LogP contribution in [0.4, 0.5) is 4.39 Å². The number of carbonyl (C=O) groups excluding carboxylic acids is 1. The zero-order valence-corrected chi connectivity index (χ0v) is 14.1. The smallest absolute Gasteiger partial charge is 0.313 e. The predicted octanol–water partition coefficient (Wildman–Crippen LogP) is 3.85. The van der Waals surface area contributed by atoms with Gasteiger partial charge in [-0.1, -0.05) is 44.2 Å². The van der Waals surface area contributed by atoms with Crippen molar-refractivity contribution in [1.82, 2.24) is 4.90 Å². The lowest BCUT2D eigenvalue weighted by molar-refractivity contribution is -0.140. The van der Waals surface area contributed by atoms with Crippen LogP contribution in [0.25, 0.3) is 0 Å². The molecule has 2 unspecified atom stereocenters. The van der Waals surface area contributed by atoms with Gasteiger partial charge in [-0.2, -0.15) is 0 Å². The molecule has 0 aliphatic carbocycles. The summed E-state index contributed by atoms with van der Waals surface area (Å²) in [6, 6.07) is 11.9. The Bertz CT molecular complexity index is 818. The van der Waals surface area contributed by atoms with Gasteiger partial charge in [0.05, 0.1) is 6.04 Å². The first kappa shape index (κ1) is 17.1. The Labute approximate surface area is 145 Å². The second kappa shape index (κ2) is 6.67. The topological polar surface area (TPSA) is 57.6 Å². The minimum Gasteiger partial charge on any atom is -0.481 e. The van der Waals surface area contributed by atoms with Crippen LogP contribution < -0.4 is 0 Å². The number of amides is 1. The average Bonchev–Trinajstić information content (AvgIpc) is 2.56. The highest BCUT2D eigenvalue weighted by molar-refractivity contribution is 6.00. The van der Waals surface area contributed by atoms with Crippen LogP contribution >= 0.6 is 0 Å². The van der Waals surface area contributed by atoms with E-state index in [0.29, 0.717) is 23.2 Å². The Kier molecular flexibility index (Phi) is 4.57. The van der Waals surface area contributed by atoms with Gasteiger partial charge in [-0.15, -0.1) is 0 Å². The number of hydrogen-bond acceptors (Lipinski definition) is 2. The van der Waals surface area contributed by atoms with Crippen LogP contribution in [-0.4, -0.2) is 28.4 Å². The van der Waals surface area contributed by atoms with E-state index in [1.807, 2.05) is 13.8 Å². The predicted molar refractivity (Wildman–Crippen MR) is 91.8 cm³/mol. The summed E-state index contributed by atoms with van der Waals surface area (Å²) in [4.78, 5) is 26.7. The molecule has 4 nitrogen and oxygen atoms in total. The standard InChI is InChI=1S/C20H20FNO3/c1-12(2)11-22-18(13-6-5-7-14(21)10-13)17(20(24)25)15-8-3-4-9-16(15)19(22)23/h3-10,12,17-18H,11H2,1-2H3,(H,24,25). The van der Waals surface area contributed by atoms with Crippen LogP contribution in [0, 0.1) is 11.7 Å². The maximum atomic E-state index is 13.8. The third kappa shape index (κ3) is 3.14. The summed E-state index contributed by atoms with van der Waals surface area (Å²) in [5.41, 5.74) is 1.38. The number of nitrogens with zero attached hydrogens (tertiary/aromatic N) is 1. The van der Waals surface area contributed by atoms with Crippen molar-refractivity contribution in [3.05, 3.63) is 71.0 Å². The van der Waals surface area contributed by atoms with Gasteiger partial charge >= 0.3 is 5.97 Å². The van der Waals surface area contributed by atoms with Crippen LogP contribution in [0.1, 0.15) is 47.3 Å². The van der Waals surface area contributed by atoms with Crippen molar-refractivity contribution in [3.8, 4) is 0 Å². The molecule has 0 radical (unpaired) electrons. The molecule has 1 amide bonds. The van der Waals surface area contributed by atoms with Crippen LogP contribution in [0.2, 0.25) is 0 Å². The molecule has 1 aliphatic heterocycles. The maximum absolute atomic E-state index is 13.8. The third-order valence-corrected chi connectivity index (χ3v) is 4.46. The van der Waals surface area contributed by atoms with Crippen molar-refractivity contribution < 1.29 is 19.1 Å². The average molecular weight is 341 g/mol. The zero-order chi connectivity index (χ0) is 18.1. The zero-order valence-electron chi connectivity index (χ0n) is 14.1. The quantitative estimate of drug-likeness (QED) is 0.919. The van der Waals surface area contributed by atoms with Crippen LogP contribution in [0.15, 0.2) is 48.5 Å². The number of benzene rings is 2. The van der Waals surface area contributed by atoms with Crippen molar-refractivity contribution in [2.75, 3.05) is 6.54 Å². The lowest BCUT2D eigenvalue weighted by Gasteiger charge is -2.41. The van der Waals surface area contributed by atoms with Gasteiger partial charge in [-0.3, -0.25) is 9.59 Å². The lowest BCUT2D eigenvalue weighted by atomic mass is 9.79. The number of rotatable bonds is 4. The van der Waals surface area contributed by atoms with Gasteiger partial charge < -0.3 is 10.0 Å². The highest BCUT2D eigenvalue weighted by Crippen LogP contribution is 2.43. The lowest BCUT2D eigenvalue weighted by Crippen LogP contribution is -2.46. The van der Waals surface area contributed by atoms with Gasteiger partial charge in [0.25, 0.3) is 5.91 Å².